The SMILES string of the molecule is CCc1nc(C2CCCN2C(=O)CC2OCCc3sccc32)no1. The van der Waals surface area contributed by atoms with Crippen LogP contribution in [0, 0.1) is 0 Å². The standard InChI is InChI=1S/C17H21N3O3S/c1-2-15-18-17(19-23-15)12-4-3-7-20(12)16(21)10-13-11-6-9-24-14(11)5-8-22-13/h6,9,12-13H,2-5,7-8,10H2,1H3. The van der Waals surface area contributed by atoms with Crippen LogP contribution in [0.2, 0.25) is 0 Å². The van der Waals surface area contributed by atoms with Crippen LogP contribution in [0.25, 0.3) is 0 Å². The van der Waals surface area contributed by atoms with Crippen molar-refractivity contribution in [2.75, 3.05) is 13.2 Å². The lowest BCUT2D eigenvalue weighted by Gasteiger charge is -2.27. The molecule has 4 rings (SSSR count). The van der Waals surface area contributed by atoms with Gasteiger partial charge in [0.15, 0.2) is 5.82 Å². The molecule has 2 atom stereocenters. The first kappa shape index (κ1) is 15.8. The molecule has 2 aliphatic heterocycles. The molecule has 0 saturated carbocycles. The molecule has 0 aliphatic carbocycles. The number of carbonyl (C=O) groups excluding carboxylic acids is 1. The van der Waals surface area contributed by atoms with Gasteiger partial charge in [0.25, 0.3) is 0 Å². The smallest absolute Gasteiger partial charge is 0.226 e. The number of hydrogen-bond acceptors (Lipinski definition) is 6. The van der Waals surface area contributed by atoms with Crippen molar-refractivity contribution in [2.24, 2.45) is 0 Å². The first-order valence-electron chi connectivity index (χ1n) is 8.56. The summed E-state index contributed by atoms with van der Waals surface area (Å²) in [6.07, 6.45) is 3.80. The number of likely N-dealkylation sites (tertiary alicyclic amines) is 1. The summed E-state index contributed by atoms with van der Waals surface area (Å²) in [6, 6.07) is 2.03. The summed E-state index contributed by atoms with van der Waals surface area (Å²) < 4.78 is 11.1. The molecule has 4 heterocycles. The average Bonchev–Trinajstić information content (AvgIpc) is 3.33. The van der Waals surface area contributed by atoms with Gasteiger partial charge in [-0.05, 0) is 29.9 Å². The number of amides is 1. The van der Waals surface area contributed by atoms with Crippen molar-refractivity contribution >= 4 is 17.2 Å². The van der Waals surface area contributed by atoms with E-state index in [2.05, 4.69) is 21.6 Å². The highest BCUT2D eigenvalue weighted by molar-refractivity contribution is 7.10. The second kappa shape index (κ2) is 6.64. The maximum atomic E-state index is 12.9. The van der Waals surface area contributed by atoms with Crippen molar-refractivity contribution in [2.45, 2.75) is 51.2 Å². The Hall–Kier alpha value is -1.73. The first-order valence-corrected chi connectivity index (χ1v) is 9.44. The number of carbonyl (C=O) groups is 1. The number of nitrogens with zero attached hydrogens (tertiary/aromatic N) is 3. The first-order chi connectivity index (χ1) is 11.8. The normalized spacial score (nSPS) is 23.5. The van der Waals surface area contributed by atoms with Crippen molar-refractivity contribution < 1.29 is 14.1 Å². The maximum absolute atomic E-state index is 12.9. The summed E-state index contributed by atoms with van der Waals surface area (Å²) in [4.78, 5) is 20.5. The lowest BCUT2D eigenvalue weighted by atomic mass is 10.0. The van der Waals surface area contributed by atoms with Crippen LogP contribution >= 0.6 is 11.3 Å². The number of hydrogen-bond donors (Lipinski definition) is 0. The fourth-order valence-electron chi connectivity index (χ4n) is 3.55. The molecule has 0 N–H and O–H groups in total. The minimum absolute atomic E-state index is 0.0629. The lowest BCUT2D eigenvalue weighted by molar-refractivity contribution is -0.135. The van der Waals surface area contributed by atoms with Gasteiger partial charge in [0.2, 0.25) is 11.8 Å². The zero-order valence-electron chi connectivity index (χ0n) is 13.7. The van der Waals surface area contributed by atoms with Gasteiger partial charge in [-0.15, -0.1) is 11.3 Å². The third-order valence-corrected chi connectivity index (χ3v) is 5.79. The Morgan fingerprint density at radius 1 is 1.50 bits per heavy atom. The number of ether oxygens (including phenoxy) is 1. The Balaban J connectivity index is 1.48. The Kier molecular flexibility index (Phi) is 4.37. The lowest BCUT2D eigenvalue weighted by Crippen LogP contribution is -2.33. The third-order valence-electron chi connectivity index (χ3n) is 4.79. The highest BCUT2D eigenvalue weighted by Gasteiger charge is 2.35. The summed E-state index contributed by atoms with van der Waals surface area (Å²) in [7, 11) is 0. The van der Waals surface area contributed by atoms with Crippen molar-refractivity contribution in [1.29, 1.82) is 0 Å². The van der Waals surface area contributed by atoms with Gasteiger partial charge in [-0.2, -0.15) is 4.98 Å². The van der Waals surface area contributed by atoms with E-state index in [1.807, 2.05) is 11.8 Å². The fourth-order valence-corrected chi connectivity index (χ4v) is 4.47. The summed E-state index contributed by atoms with van der Waals surface area (Å²) in [5.41, 5.74) is 1.18. The van der Waals surface area contributed by atoms with Crippen LogP contribution in [-0.2, 0) is 22.4 Å². The van der Waals surface area contributed by atoms with Crippen LogP contribution in [-0.4, -0.2) is 34.1 Å². The molecule has 24 heavy (non-hydrogen) atoms. The second-order valence-corrected chi connectivity index (χ2v) is 7.26. The Morgan fingerprint density at radius 3 is 3.25 bits per heavy atom. The predicted molar refractivity (Wildman–Crippen MR) is 88.7 cm³/mol. The molecular weight excluding hydrogens is 326 g/mol. The van der Waals surface area contributed by atoms with Crippen LogP contribution in [0.4, 0.5) is 0 Å². The number of aromatic nitrogens is 2. The number of aryl methyl sites for hydroxylation is 1. The summed E-state index contributed by atoms with van der Waals surface area (Å²) in [6.45, 7) is 3.43. The monoisotopic (exact) mass is 347 g/mol. The number of thiophene rings is 1. The van der Waals surface area contributed by atoms with Gasteiger partial charge in [-0.3, -0.25) is 4.79 Å². The van der Waals surface area contributed by atoms with Crippen LogP contribution in [0.15, 0.2) is 16.0 Å². The average molecular weight is 347 g/mol. The van der Waals surface area contributed by atoms with E-state index in [1.54, 1.807) is 11.3 Å². The number of fused-ring (bicyclic) bond motifs is 1. The van der Waals surface area contributed by atoms with Gasteiger partial charge in [-0.25, -0.2) is 0 Å². The maximum Gasteiger partial charge on any atom is 0.226 e. The van der Waals surface area contributed by atoms with Crippen molar-refractivity contribution in [3.8, 4) is 0 Å². The van der Waals surface area contributed by atoms with Crippen LogP contribution in [0.3, 0.4) is 0 Å². The molecular formula is C17H21N3O3S. The molecule has 2 aromatic rings. The van der Waals surface area contributed by atoms with Crippen molar-refractivity contribution in [3.63, 3.8) is 0 Å². The highest BCUT2D eigenvalue weighted by atomic mass is 32.1. The topological polar surface area (TPSA) is 68.5 Å². The Bertz CT molecular complexity index is 726. The van der Waals surface area contributed by atoms with Gasteiger partial charge in [0.05, 0.1) is 25.2 Å². The summed E-state index contributed by atoms with van der Waals surface area (Å²) in [5, 5.41) is 6.15. The van der Waals surface area contributed by atoms with Gasteiger partial charge in [0.1, 0.15) is 0 Å². The molecule has 7 heteroatoms. The van der Waals surface area contributed by atoms with E-state index < -0.39 is 0 Å². The molecule has 1 amide bonds. The van der Waals surface area contributed by atoms with E-state index in [0.717, 1.165) is 25.8 Å². The zero-order chi connectivity index (χ0) is 16.5. The molecule has 0 radical (unpaired) electrons. The van der Waals surface area contributed by atoms with E-state index in [4.69, 9.17) is 9.26 Å². The van der Waals surface area contributed by atoms with Gasteiger partial charge in [-0.1, -0.05) is 12.1 Å². The minimum Gasteiger partial charge on any atom is -0.373 e. The molecule has 0 spiro atoms. The zero-order valence-corrected chi connectivity index (χ0v) is 14.6. The predicted octanol–water partition coefficient (Wildman–Crippen LogP) is 3.06. The molecule has 6 nitrogen and oxygen atoms in total. The van der Waals surface area contributed by atoms with E-state index in [9.17, 15) is 4.79 Å². The molecule has 2 aliphatic rings. The Labute approximate surface area is 144 Å². The Morgan fingerprint density at radius 2 is 2.42 bits per heavy atom. The quantitative estimate of drug-likeness (QED) is 0.850. The molecule has 2 unspecified atom stereocenters. The van der Waals surface area contributed by atoms with E-state index in [1.165, 1.54) is 10.4 Å². The van der Waals surface area contributed by atoms with Crippen LogP contribution in [0.1, 0.15) is 60.5 Å². The summed E-state index contributed by atoms with van der Waals surface area (Å²) >= 11 is 1.75. The fraction of sp³-hybridized carbons (Fsp3) is 0.588. The van der Waals surface area contributed by atoms with Crippen molar-refractivity contribution in [1.82, 2.24) is 15.0 Å². The third kappa shape index (κ3) is 2.86. The molecule has 1 fully saturated rings. The van der Waals surface area contributed by atoms with Gasteiger partial charge >= 0.3 is 0 Å². The largest absolute Gasteiger partial charge is 0.373 e. The summed E-state index contributed by atoms with van der Waals surface area (Å²) in [5.74, 6) is 1.38. The van der Waals surface area contributed by atoms with Crippen LogP contribution < -0.4 is 0 Å². The molecule has 0 aromatic carbocycles. The minimum atomic E-state index is -0.120. The van der Waals surface area contributed by atoms with Gasteiger partial charge < -0.3 is 14.2 Å². The van der Waals surface area contributed by atoms with Crippen molar-refractivity contribution in [3.05, 3.63) is 33.6 Å². The van der Waals surface area contributed by atoms with Gasteiger partial charge in [0, 0.05) is 24.3 Å². The van der Waals surface area contributed by atoms with E-state index in [0.29, 0.717) is 31.2 Å². The highest BCUT2D eigenvalue weighted by Crippen LogP contribution is 2.36. The molecule has 128 valence electrons. The molecule has 0 bridgehead atoms. The number of rotatable bonds is 4. The van der Waals surface area contributed by atoms with E-state index in [-0.39, 0.29) is 18.1 Å². The van der Waals surface area contributed by atoms with Crippen LogP contribution in [0.5, 0.6) is 0 Å². The molecule has 1 saturated heterocycles. The second-order valence-electron chi connectivity index (χ2n) is 6.26. The van der Waals surface area contributed by atoms with E-state index >= 15 is 0 Å². The molecule has 2 aromatic heterocycles.